The molecule has 82 heavy (non-hydrogen) atoms. The van der Waals surface area contributed by atoms with E-state index in [0.29, 0.717) is 0 Å². The molecule has 0 unspecified atom stereocenters. The van der Waals surface area contributed by atoms with Crippen LogP contribution in [0.15, 0.2) is 293 Å². The fourth-order valence-electron chi connectivity index (χ4n) is 8.12. The number of hydrogen-bond acceptors (Lipinski definition) is 12. The van der Waals surface area contributed by atoms with Gasteiger partial charge in [-0.05, 0) is 109 Å². The molecule has 0 spiro atoms. The van der Waals surface area contributed by atoms with Gasteiger partial charge in [0.1, 0.15) is 0 Å². The van der Waals surface area contributed by atoms with Gasteiger partial charge in [-0.3, -0.25) is 59.8 Å². The number of benzene rings is 3. The van der Waals surface area contributed by atoms with E-state index in [-0.39, 0.29) is 86.1 Å². The predicted molar refractivity (Wildman–Crippen MR) is 327 cm³/mol. The monoisotopic (exact) mass is 1320 g/mol. The van der Waals surface area contributed by atoms with Gasteiger partial charge in [-0.1, -0.05) is 124 Å². The van der Waals surface area contributed by atoms with Crippen LogP contribution < -0.4 is 0 Å². The van der Waals surface area contributed by atoms with Gasteiger partial charge in [-0.25, -0.2) is 0 Å². The molecule has 14 heteroatoms. The number of hydrogen-bond donors (Lipinski definition) is 0. The van der Waals surface area contributed by atoms with Gasteiger partial charge in [-0.2, -0.15) is 0 Å². The molecular formula is C68H56La2N12. The van der Waals surface area contributed by atoms with Crippen molar-refractivity contribution in [1.82, 2.24) is 59.8 Å². The molecule has 2 radical (unpaired) electrons. The maximum atomic E-state index is 4.35. The molecule has 0 aliphatic heterocycles. The van der Waals surface area contributed by atoms with E-state index in [1.165, 1.54) is 0 Å². The largest absolute Gasteiger partial charge is 0.255 e. The smallest absolute Gasteiger partial charge is 0.0964 e. The second-order valence-electron chi connectivity index (χ2n) is 16.9. The molecule has 0 amide bonds. The standard InChI is InChI=1S/3C12H8N2.3C10H8N2.2CH4.2La/c3*1-3-9-5-6-10-4-2-8-14-12(10)11(9)13-7-1;3*1-3-7-11-9(5-1)10-6-2-4-8-12-10;;;;/h3*1-8H;3*1-8H;2*1H4;;. The van der Waals surface area contributed by atoms with Crippen molar-refractivity contribution >= 4 is 65.4 Å². The van der Waals surface area contributed by atoms with E-state index < -0.39 is 0 Å². The maximum absolute atomic E-state index is 4.35. The third-order valence-corrected chi connectivity index (χ3v) is 11.8. The van der Waals surface area contributed by atoms with Crippen molar-refractivity contribution in [2.45, 2.75) is 14.9 Å². The summed E-state index contributed by atoms with van der Waals surface area (Å²) >= 11 is 0. The van der Waals surface area contributed by atoms with Crippen LogP contribution >= 0.6 is 0 Å². The van der Waals surface area contributed by atoms with Gasteiger partial charge >= 0.3 is 0 Å². The summed E-state index contributed by atoms with van der Waals surface area (Å²) in [7, 11) is 0. The molecule has 0 N–H and O–H groups in total. The number of fused-ring (bicyclic) bond motifs is 9. The van der Waals surface area contributed by atoms with Gasteiger partial charge in [0.15, 0.2) is 0 Å². The molecule has 394 valence electrons. The summed E-state index contributed by atoms with van der Waals surface area (Å²) in [5.74, 6) is 0. The summed E-state index contributed by atoms with van der Waals surface area (Å²) in [5.41, 5.74) is 11.4. The van der Waals surface area contributed by atoms with Crippen molar-refractivity contribution in [1.29, 1.82) is 0 Å². The van der Waals surface area contributed by atoms with Gasteiger partial charge in [-0.15, -0.1) is 0 Å². The average Bonchev–Trinajstić information content (AvgIpc) is 3.56. The Balaban J connectivity index is 0.000000157. The average molecular weight is 1320 g/mol. The molecule has 0 aliphatic carbocycles. The molecule has 15 rings (SSSR count). The Morgan fingerprint density at radius 1 is 0.146 bits per heavy atom. The molecule has 0 atom stereocenters. The summed E-state index contributed by atoms with van der Waals surface area (Å²) in [5, 5.41) is 6.83. The Morgan fingerprint density at radius 2 is 0.293 bits per heavy atom. The van der Waals surface area contributed by atoms with E-state index in [0.717, 1.165) is 99.6 Å². The Bertz CT molecular complexity index is 3560. The number of rotatable bonds is 3. The van der Waals surface area contributed by atoms with Crippen LogP contribution in [0.2, 0.25) is 0 Å². The quantitative estimate of drug-likeness (QED) is 0.155. The summed E-state index contributed by atoms with van der Waals surface area (Å²) in [6.45, 7) is 0. The van der Waals surface area contributed by atoms with E-state index in [1.54, 1.807) is 74.4 Å². The molecule has 12 aromatic heterocycles. The van der Waals surface area contributed by atoms with Gasteiger partial charge < -0.3 is 0 Å². The van der Waals surface area contributed by atoms with Crippen LogP contribution in [0.4, 0.5) is 0 Å². The molecule has 3 aromatic carbocycles. The van der Waals surface area contributed by atoms with Crippen LogP contribution in [0.5, 0.6) is 0 Å². The minimum atomic E-state index is 0. The first kappa shape index (κ1) is 62.6. The van der Waals surface area contributed by atoms with Crippen LogP contribution in [0.25, 0.3) is 99.6 Å². The summed E-state index contributed by atoms with van der Waals surface area (Å²) in [4.78, 5) is 51.2. The van der Waals surface area contributed by atoms with Crippen molar-refractivity contribution in [3.63, 3.8) is 0 Å². The van der Waals surface area contributed by atoms with E-state index in [2.05, 4.69) is 133 Å². The van der Waals surface area contributed by atoms with Gasteiger partial charge in [0, 0.05) is 178 Å². The zero-order chi connectivity index (χ0) is 52.8. The molecular weight excluding hydrogens is 1260 g/mol. The predicted octanol–water partition coefficient (Wildman–Crippen LogP) is 16.1. The van der Waals surface area contributed by atoms with E-state index >= 15 is 0 Å². The SMILES string of the molecule is C.C.[La].[La].c1ccc(-c2ccccn2)nc1.c1ccc(-c2ccccn2)nc1.c1ccc(-c2ccccn2)nc1.c1cnc2c(c1)ccc1cccnc12.c1cnc2c(c1)ccc1cccnc12.c1cnc2c(c1)ccc1cccnc12. The summed E-state index contributed by atoms with van der Waals surface area (Å²) in [6.07, 6.45) is 21.4. The minimum Gasteiger partial charge on any atom is -0.255 e. The summed E-state index contributed by atoms with van der Waals surface area (Å²) < 4.78 is 0. The first-order chi connectivity index (χ1) is 38.7. The third kappa shape index (κ3) is 17.0. The zero-order valence-electron chi connectivity index (χ0n) is 43.2. The first-order valence-electron chi connectivity index (χ1n) is 25.0. The normalized spacial score (nSPS) is 9.80. The Kier molecular flexibility index (Phi) is 25.4. The van der Waals surface area contributed by atoms with Crippen molar-refractivity contribution in [3.8, 4) is 34.2 Å². The molecule has 12 heterocycles. The Labute approximate surface area is 533 Å². The molecule has 0 saturated carbocycles. The van der Waals surface area contributed by atoms with Gasteiger partial charge in [0.05, 0.1) is 67.3 Å². The van der Waals surface area contributed by atoms with Crippen molar-refractivity contribution in [2.75, 3.05) is 0 Å². The fraction of sp³-hybridized carbons (Fsp3) is 0.0294. The fourth-order valence-corrected chi connectivity index (χ4v) is 8.12. The molecule has 0 saturated heterocycles. The third-order valence-electron chi connectivity index (χ3n) is 11.8. The van der Waals surface area contributed by atoms with Crippen molar-refractivity contribution < 1.29 is 71.2 Å². The second-order valence-corrected chi connectivity index (χ2v) is 16.9. The number of aromatic nitrogens is 12. The van der Waals surface area contributed by atoms with Gasteiger partial charge in [0.2, 0.25) is 0 Å². The van der Waals surface area contributed by atoms with E-state index in [4.69, 9.17) is 0 Å². The van der Waals surface area contributed by atoms with Crippen LogP contribution in [-0.4, -0.2) is 59.8 Å². The van der Waals surface area contributed by atoms with Gasteiger partial charge in [0.25, 0.3) is 0 Å². The Morgan fingerprint density at radius 3 is 0.427 bits per heavy atom. The zero-order valence-corrected chi connectivity index (χ0v) is 50.5. The van der Waals surface area contributed by atoms with Crippen LogP contribution in [0, 0.1) is 71.2 Å². The number of pyridine rings is 12. The minimum absolute atomic E-state index is 0. The van der Waals surface area contributed by atoms with Crippen LogP contribution in [0.3, 0.4) is 0 Å². The van der Waals surface area contributed by atoms with E-state index in [9.17, 15) is 0 Å². The topological polar surface area (TPSA) is 155 Å². The van der Waals surface area contributed by atoms with Crippen LogP contribution in [-0.2, 0) is 0 Å². The molecule has 0 bridgehead atoms. The maximum Gasteiger partial charge on any atom is 0.0964 e. The Hall–Kier alpha value is -8.59. The second kappa shape index (κ2) is 33.2. The molecule has 0 fully saturated rings. The molecule has 15 aromatic rings. The summed E-state index contributed by atoms with van der Waals surface area (Å²) in [6, 6.07) is 71.2. The number of nitrogens with zero attached hydrogens (tertiary/aromatic N) is 12. The molecule has 12 nitrogen and oxygen atoms in total. The van der Waals surface area contributed by atoms with E-state index in [1.807, 2.05) is 146 Å². The van der Waals surface area contributed by atoms with Crippen molar-refractivity contribution in [2.24, 2.45) is 0 Å². The molecule has 0 aliphatic rings. The first-order valence-corrected chi connectivity index (χ1v) is 25.0. The van der Waals surface area contributed by atoms with Crippen LogP contribution in [0.1, 0.15) is 14.9 Å². The van der Waals surface area contributed by atoms with Crippen molar-refractivity contribution in [3.05, 3.63) is 293 Å².